The van der Waals surface area contributed by atoms with Crippen molar-refractivity contribution in [1.29, 1.82) is 5.26 Å². The van der Waals surface area contributed by atoms with E-state index >= 15 is 0 Å². The maximum atomic E-state index is 12.7. The van der Waals surface area contributed by atoms with E-state index in [-0.39, 0.29) is 5.82 Å². The molecule has 0 bridgehead atoms. The van der Waals surface area contributed by atoms with E-state index in [2.05, 4.69) is 30.7 Å². The summed E-state index contributed by atoms with van der Waals surface area (Å²) in [7, 11) is 0. The molecule has 0 atom stereocenters. The molecule has 146 valence electrons. The van der Waals surface area contributed by atoms with Crippen molar-refractivity contribution in [3.05, 3.63) is 47.1 Å². The van der Waals surface area contributed by atoms with Gasteiger partial charge >= 0.3 is 0 Å². The Hall–Kier alpha value is -3.78. The van der Waals surface area contributed by atoms with Gasteiger partial charge in [-0.25, -0.2) is 19.3 Å². The Balaban J connectivity index is 1.48. The monoisotopic (exact) mass is 409 g/mol. The van der Waals surface area contributed by atoms with E-state index < -0.39 is 6.67 Å². The topological polar surface area (TPSA) is 130 Å². The SMILES string of the molecule is N#Cc1sc(NCCNc2nc(-c3ccc(CF)cc3)cc3ncnn23)nc1N. The number of hydrogen-bond donors (Lipinski definition) is 3. The summed E-state index contributed by atoms with van der Waals surface area (Å²) in [6.07, 6.45) is 1.46. The lowest BCUT2D eigenvalue weighted by atomic mass is 10.1. The van der Waals surface area contributed by atoms with E-state index in [1.54, 1.807) is 16.6 Å². The van der Waals surface area contributed by atoms with Gasteiger partial charge < -0.3 is 16.4 Å². The number of nitrogens with one attached hydrogen (secondary N) is 2. The van der Waals surface area contributed by atoms with Gasteiger partial charge in [0.25, 0.3) is 0 Å². The second-order valence-electron chi connectivity index (χ2n) is 6.02. The highest BCUT2D eigenvalue weighted by molar-refractivity contribution is 7.16. The van der Waals surface area contributed by atoms with Gasteiger partial charge in [-0.15, -0.1) is 0 Å². The number of nitrogens with two attached hydrogens (primary N) is 1. The van der Waals surface area contributed by atoms with Gasteiger partial charge in [0.1, 0.15) is 23.9 Å². The highest BCUT2D eigenvalue weighted by Gasteiger charge is 2.10. The molecule has 4 aromatic rings. The first-order valence-corrected chi connectivity index (χ1v) is 9.50. The third-order valence-electron chi connectivity index (χ3n) is 4.11. The van der Waals surface area contributed by atoms with Gasteiger partial charge in [0, 0.05) is 24.7 Å². The molecule has 0 unspecified atom stereocenters. The quantitative estimate of drug-likeness (QED) is 0.397. The van der Waals surface area contributed by atoms with Gasteiger partial charge in [0.05, 0.1) is 5.69 Å². The summed E-state index contributed by atoms with van der Waals surface area (Å²) in [4.78, 5) is 13.4. The van der Waals surface area contributed by atoms with Crippen molar-refractivity contribution in [1.82, 2.24) is 24.6 Å². The van der Waals surface area contributed by atoms with E-state index in [9.17, 15) is 4.39 Å². The van der Waals surface area contributed by atoms with Crippen LogP contribution in [0.15, 0.2) is 36.7 Å². The minimum Gasteiger partial charge on any atom is -0.382 e. The molecule has 3 heterocycles. The Kier molecular flexibility index (Phi) is 5.17. The molecule has 29 heavy (non-hydrogen) atoms. The molecular formula is C18H16FN9S. The predicted octanol–water partition coefficient (Wildman–Crippen LogP) is 2.70. The maximum absolute atomic E-state index is 12.7. The maximum Gasteiger partial charge on any atom is 0.226 e. The summed E-state index contributed by atoms with van der Waals surface area (Å²) >= 11 is 1.21. The predicted molar refractivity (Wildman–Crippen MR) is 109 cm³/mol. The van der Waals surface area contributed by atoms with Crippen LogP contribution in [-0.2, 0) is 6.67 Å². The van der Waals surface area contributed by atoms with Crippen molar-refractivity contribution in [3.63, 3.8) is 0 Å². The van der Waals surface area contributed by atoms with Crippen LogP contribution in [0.25, 0.3) is 16.9 Å². The number of nitrogens with zero attached hydrogens (tertiary/aromatic N) is 6. The normalized spacial score (nSPS) is 10.8. The minimum atomic E-state index is -0.503. The summed E-state index contributed by atoms with van der Waals surface area (Å²) < 4.78 is 14.4. The second kappa shape index (κ2) is 8.07. The molecule has 11 heteroatoms. The number of alkyl halides is 1. The number of fused-ring (bicyclic) bond motifs is 1. The van der Waals surface area contributed by atoms with E-state index in [1.807, 2.05) is 24.3 Å². The van der Waals surface area contributed by atoms with Crippen molar-refractivity contribution in [2.45, 2.75) is 6.67 Å². The molecule has 0 fully saturated rings. The molecule has 0 spiro atoms. The molecule has 0 aliphatic heterocycles. The zero-order chi connectivity index (χ0) is 20.2. The number of rotatable bonds is 7. The van der Waals surface area contributed by atoms with Crippen LogP contribution in [0, 0.1) is 11.3 Å². The minimum absolute atomic E-state index is 0.227. The van der Waals surface area contributed by atoms with Crippen LogP contribution in [0.5, 0.6) is 0 Å². The van der Waals surface area contributed by atoms with Crippen molar-refractivity contribution in [2.24, 2.45) is 0 Å². The van der Waals surface area contributed by atoms with E-state index in [0.717, 1.165) is 5.56 Å². The zero-order valence-corrected chi connectivity index (χ0v) is 15.9. The Bertz CT molecular complexity index is 1180. The van der Waals surface area contributed by atoms with Crippen LogP contribution in [-0.4, -0.2) is 37.7 Å². The summed E-state index contributed by atoms with van der Waals surface area (Å²) in [6, 6.07) is 10.9. The summed E-state index contributed by atoms with van der Waals surface area (Å²) in [5, 5.41) is 20.1. The molecule has 3 aromatic heterocycles. The van der Waals surface area contributed by atoms with Gasteiger partial charge in [-0.3, -0.25) is 0 Å². The van der Waals surface area contributed by atoms with Crippen molar-refractivity contribution in [3.8, 4) is 17.3 Å². The standard InChI is InChI=1S/C18H16FN9S/c19-8-11-1-3-12(4-2-11)13-7-15-24-10-25-28(15)17(26-13)22-5-6-23-18-27-16(21)14(9-20)29-18/h1-4,7,10H,5-6,8,21H2,(H,22,26)(H,23,27). The fourth-order valence-electron chi connectivity index (χ4n) is 2.69. The van der Waals surface area contributed by atoms with Crippen LogP contribution in [0.2, 0.25) is 0 Å². The lowest BCUT2D eigenvalue weighted by Gasteiger charge is -2.10. The summed E-state index contributed by atoms with van der Waals surface area (Å²) in [5.41, 5.74) is 8.48. The Morgan fingerprint density at radius 1 is 1.17 bits per heavy atom. The Morgan fingerprint density at radius 3 is 2.69 bits per heavy atom. The summed E-state index contributed by atoms with van der Waals surface area (Å²) in [5.74, 6) is 0.758. The number of hydrogen-bond acceptors (Lipinski definition) is 9. The second-order valence-corrected chi connectivity index (χ2v) is 7.02. The van der Waals surface area contributed by atoms with Crippen LogP contribution in [0.1, 0.15) is 10.4 Å². The molecule has 4 rings (SSSR count). The third kappa shape index (κ3) is 3.92. The van der Waals surface area contributed by atoms with Gasteiger partial charge in [-0.1, -0.05) is 35.6 Å². The van der Waals surface area contributed by atoms with Crippen molar-refractivity contribution in [2.75, 3.05) is 29.5 Å². The van der Waals surface area contributed by atoms with Gasteiger partial charge in [0.15, 0.2) is 16.6 Å². The molecule has 0 amide bonds. The fourth-order valence-corrected chi connectivity index (χ4v) is 3.39. The smallest absolute Gasteiger partial charge is 0.226 e. The molecule has 0 saturated carbocycles. The zero-order valence-electron chi connectivity index (χ0n) is 15.1. The van der Waals surface area contributed by atoms with Crippen LogP contribution in [0.3, 0.4) is 0 Å². The van der Waals surface area contributed by atoms with E-state index in [1.165, 1.54) is 17.7 Å². The Labute approximate surface area is 169 Å². The van der Waals surface area contributed by atoms with Gasteiger partial charge in [0.2, 0.25) is 5.95 Å². The van der Waals surface area contributed by atoms with E-state index in [0.29, 0.717) is 46.0 Å². The molecule has 0 saturated heterocycles. The number of halogens is 1. The van der Waals surface area contributed by atoms with Gasteiger partial charge in [-0.05, 0) is 5.56 Å². The van der Waals surface area contributed by atoms with Crippen LogP contribution in [0.4, 0.5) is 21.3 Å². The average Bonchev–Trinajstić information content (AvgIpc) is 3.37. The van der Waals surface area contributed by atoms with Crippen LogP contribution >= 0.6 is 11.3 Å². The highest BCUT2D eigenvalue weighted by atomic mass is 32.1. The lowest BCUT2D eigenvalue weighted by Crippen LogP contribution is -2.16. The van der Waals surface area contributed by atoms with Crippen LogP contribution < -0.4 is 16.4 Å². The number of nitriles is 1. The Morgan fingerprint density at radius 2 is 1.97 bits per heavy atom. The largest absolute Gasteiger partial charge is 0.382 e. The molecule has 4 N–H and O–H groups in total. The fraction of sp³-hybridized carbons (Fsp3) is 0.167. The number of nitrogen functional groups attached to an aromatic ring is 1. The van der Waals surface area contributed by atoms with Gasteiger partial charge in [-0.2, -0.15) is 14.9 Å². The molecule has 0 radical (unpaired) electrons. The first-order chi connectivity index (χ1) is 14.2. The molecule has 9 nitrogen and oxygen atoms in total. The molecule has 1 aromatic carbocycles. The lowest BCUT2D eigenvalue weighted by molar-refractivity contribution is 0.485. The number of anilines is 3. The summed E-state index contributed by atoms with van der Waals surface area (Å²) in [6.45, 7) is 0.552. The first-order valence-electron chi connectivity index (χ1n) is 8.68. The molecule has 0 aliphatic carbocycles. The molecule has 0 aliphatic rings. The average molecular weight is 409 g/mol. The van der Waals surface area contributed by atoms with E-state index in [4.69, 9.17) is 11.0 Å². The van der Waals surface area contributed by atoms with Crippen molar-refractivity contribution >= 4 is 33.9 Å². The molecular weight excluding hydrogens is 393 g/mol. The highest BCUT2D eigenvalue weighted by Crippen LogP contribution is 2.24. The number of benzene rings is 1. The first kappa shape index (κ1) is 18.6. The third-order valence-corrected chi connectivity index (χ3v) is 5.04. The van der Waals surface area contributed by atoms with Crippen molar-refractivity contribution < 1.29 is 4.39 Å². The number of aromatic nitrogens is 5. The number of thiazole rings is 1.